The van der Waals surface area contributed by atoms with E-state index in [-0.39, 0.29) is 0 Å². The highest BCUT2D eigenvalue weighted by Gasteiger charge is 1.86. The standard InChI is InChI=1S/C8H17Si/c1-3-4-5-6-8(2)7-9/h7H,3-6,9H2,1-2H3. The molecule has 0 aliphatic heterocycles. The second kappa shape index (κ2) is 6.08. The highest BCUT2D eigenvalue weighted by Crippen LogP contribution is 2.06. The van der Waals surface area contributed by atoms with Gasteiger partial charge in [0.2, 0.25) is 0 Å². The van der Waals surface area contributed by atoms with E-state index in [1.54, 1.807) is 5.57 Å². The van der Waals surface area contributed by atoms with E-state index in [1.165, 1.54) is 25.7 Å². The first-order valence-corrected chi connectivity index (χ1v) is 4.57. The third-order valence-electron chi connectivity index (χ3n) is 1.52. The molecular weight excluding hydrogens is 124 g/mol. The van der Waals surface area contributed by atoms with Gasteiger partial charge in [-0.15, -0.1) is 5.70 Å². The average Bonchev–Trinajstić information content (AvgIpc) is 1.89. The summed E-state index contributed by atoms with van der Waals surface area (Å²) in [5.41, 5.74) is 3.78. The molecule has 0 saturated carbocycles. The molecule has 0 aliphatic carbocycles. The van der Waals surface area contributed by atoms with Crippen LogP contribution in [0, 0.1) is 0 Å². The lowest BCUT2D eigenvalue weighted by molar-refractivity contribution is 0.714. The van der Waals surface area contributed by atoms with Crippen molar-refractivity contribution in [2.24, 2.45) is 0 Å². The fourth-order valence-corrected chi connectivity index (χ4v) is 0.960. The molecule has 1 heteroatoms. The van der Waals surface area contributed by atoms with Gasteiger partial charge in [0, 0.05) is 10.2 Å². The van der Waals surface area contributed by atoms with Gasteiger partial charge in [-0.25, -0.2) is 0 Å². The zero-order chi connectivity index (χ0) is 7.11. The largest absolute Gasteiger partial charge is 0.105 e. The molecule has 9 heavy (non-hydrogen) atoms. The lowest BCUT2D eigenvalue weighted by Gasteiger charge is -1.96. The topological polar surface area (TPSA) is 0 Å². The molecule has 0 atom stereocenters. The van der Waals surface area contributed by atoms with Crippen LogP contribution in [0.25, 0.3) is 0 Å². The van der Waals surface area contributed by atoms with Gasteiger partial charge in [-0.05, 0) is 19.8 Å². The zero-order valence-corrected chi connectivity index (χ0v) is 8.03. The van der Waals surface area contributed by atoms with Crippen LogP contribution in [0.5, 0.6) is 0 Å². The maximum absolute atomic E-state index is 2.24. The number of hydrogen-bond donors (Lipinski definition) is 0. The van der Waals surface area contributed by atoms with E-state index in [1.807, 2.05) is 10.2 Å². The van der Waals surface area contributed by atoms with Crippen LogP contribution in [-0.2, 0) is 0 Å². The van der Waals surface area contributed by atoms with Crippen LogP contribution in [0.1, 0.15) is 39.5 Å². The van der Waals surface area contributed by atoms with E-state index >= 15 is 0 Å². The van der Waals surface area contributed by atoms with Crippen LogP contribution in [0.4, 0.5) is 0 Å². The number of rotatable bonds is 4. The van der Waals surface area contributed by atoms with Crippen molar-refractivity contribution in [1.29, 1.82) is 0 Å². The Labute approximate surface area is 61.8 Å². The van der Waals surface area contributed by atoms with E-state index < -0.39 is 0 Å². The number of allylic oxidation sites excluding steroid dienone is 1. The molecule has 0 nitrogen and oxygen atoms in total. The molecule has 0 rings (SSSR count). The molecule has 0 unspecified atom stereocenters. The van der Waals surface area contributed by atoms with Crippen molar-refractivity contribution in [1.82, 2.24) is 0 Å². The highest BCUT2D eigenvalue weighted by molar-refractivity contribution is 6.17. The molecule has 0 aromatic heterocycles. The van der Waals surface area contributed by atoms with E-state index in [0.29, 0.717) is 0 Å². The van der Waals surface area contributed by atoms with Crippen LogP contribution in [0.3, 0.4) is 0 Å². The highest BCUT2D eigenvalue weighted by atomic mass is 28.1. The smallest absolute Gasteiger partial charge is 0.0377 e. The Kier molecular flexibility index (Phi) is 6.05. The molecule has 0 heterocycles. The molecule has 0 spiro atoms. The third kappa shape index (κ3) is 5.83. The lowest BCUT2D eigenvalue weighted by Crippen LogP contribution is -1.77. The maximum atomic E-state index is 2.24. The summed E-state index contributed by atoms with van der Waals surface area (Å²) < 4.78 is 0. The molecule has 1 radical (unpaired) electrons. The minimum atomic E-state index is 1.30. The Bertz CT molecular complexity index is 84.6. The van der Waals surface area contributed by atoms with Crippen molar-refractivity contribution >= 4 is 10.2 Å². The Balaban J connectivity index is 3.07. The minimum absolute atomic E-state index is 1.30. The van der Waals surface area contributed by atoms with E-state index in [4.69, 9.17) is 0 Å². The van der Waals surface area contributed by atoms with Crippen LogP contribution in [-0.4, -0.2) is 10.2 Å². The summed E-state index contributed by atoms with van der Waals surface area (Å²) in [6, 6.07) is 0. The van der Waals surface area contributed by atoms with Crippen molar-refractivity contribution in [2.75, 3.05) is 0 Å². The Morgan fingerprint density at radius 3 is 2.56 bits per heavy atom. The van der Waals surface area contributed by atoms with Crippen LogP contribution in [0.15, 0.2) is 11.3 Å². The van der Waals surface area contributed by atoms with Crippen molar-refractivity contribution in [3.63, 3.8) is 0 Å². The first kappa shape index (κ1) is 8.96. The van der Waals surface area contributed by atoms with Gasteiger partial charge in [-0.3, -0.25) is 0 Å². The molecule has 0 saturated heterocycles. The van der Waals surface area contributed by atoms with Gasteiger partial charge in [-0.1, -0.05) is 25.3 Å². The molecular formula is C8H17Si. The zero-order valence-electron chi connectivity index (χ0n) is 6.61. The predicted molar refractivity (Wildman–Crippen MR) is 46.4 cm³/mol. The van der Waals surface area contributed by atoms with Crippen LogP contribution >= 0.6 is 0 Å². The molecule has 0 aromatic carbocycles. The van der Waals surface area contributed by atoms with Crippen LogP contribution < -0.4 is 0 Å². The van der Waals surface area contributed by atoms with Gasteiger partial charge in [-0.2, -0.15) is 0 Å². The summed E-state index contributed by atoms with van der Waals surface area (Å²) >= 11 is 0. The molecule has 0 aliphatic rings. The molecule has 0 fully saturated rings. The first-order valence-electron chi connectivity index (χ1n) is 3.76. The van der Waals surface area contributed by atoms with Crippen LogP contribution in [0.2, 0.25) is 0 Å². The minimum Gasteiger partial charge on any atom is -0.105 e. The monoisotopic (exact) mass is 141 g/mol. The van der Waals surface area contributed by atoms with Crippen molar-refractivity contribution in [3.05, 3.63) is 11.3 Å². The Morgan fingerprint density at radius 2 is 2.11 bits per heavy atom. The summed E-state index contributed by atoms with van der Waals surface area (Å²) in [5.74, 6) is 0. The predicted octanol–water partition coefficient (Wildman–Crippen LogP) is 2.10. The summed E-state index contributed by atoms with van der Waals surface area (Å²) in [5, 5.41) is 0. The quantitative estimate of drug-likeness (QED) is 0.415. The Hall–Kier alpha value is -0.0431. The molecule has 0 N–H and O–H groups in total. The van der Waals surface area contributed by atoms with Crippen molar-refractivity contribution in [2.45, 2.75) is 39.5 Å². The summed E-state index contributed by atoms with van der Waals surface area (Å²) in [6.45, 7) is 4.45. The third-order valence-corrected chi connectivity index (χ3v) is 2.22. The second-order valence-corrected chi connectivity index (χ2v) is 2.92. The van der Waals surface area contributed by atoms with Gasteiger partial charge in [0.15, 0.2) is 0 Å². The van der Waals surface area contributed by atoms with E-state index in [2.05, 4.69) is 19.5 Å². The van der Waals surface area contributed by atoms with E-state index in [0.717, 1.165) is 0 Å². The molecule has 0 aromatic rings. The fraction of sp³-hybridized carbons (Fsp3) is 0.750. The number of hydrogen-bond acceptors (Lipinski definition) is 0. The van der Waals surface area contributed by atoms with Gasteiger partial charge in [0.05, 0.1) is 0 Å². The normalized spacial score (nSPS) is 12.1. The van der Waals surface area contributed by atoms with Crippen molar-refractivity contribution in [3.8, 4) is 0 Å². The maximum Gasteiger partial charge on any atom is 0.0377 e. The summed E-state index contributed by atoms with van der Waals surface area (Å²) in [7, 11) is 1.94. The van der Waals surface area contributed by atoms with Gasteiger partial charge in [0.1, 0.15) is 0 Å². The first-order chi connectivity index (χ1) is 4.31. The SMILES string of the molecule is CCCCCC(C)=C[SiH2]. The number of unbranched alkanes of at least 4 members (excludes halogenated alkanes) is 2. The molecule has 53 valence electrons. The summed E-state index contributed by atoms with van der Waals surface area (Å²) in [6.07, 6.45) is 5.39. The lowest BCUT2D eigenvalue weighted by atomic mass is 10.1. The Morgan fingerprint density at radius 1 is 1.44 bits per heavy atom. The van der Waals surface area contributed by atoms with Gasteiger partial charge < -0.3 is 0 Å². The molecule has 0 amide bonds. The second-order valence-electron chi connectivity index (χ2n) is 2.51. The average molecular weight is 141 g/mol. The van der Waals surface area contributed by atoms with Gasteiger partial charge >= 0.3 is 0 Å². The van der Waals surface area contributed by atoms with E-state index in [9.17, 15) is 0 Å². The fourth-order valence-electron chi connectivity index (χ4n) is 0.756. The summed E-state index contributed by atoms with van der Waals surface area (Å²) in [4.78, 5) is 0. The van der Waals surface area contributed by atoms with Crippen molar-refractivity contribution < 1.29 is 0 Å². The van der Waals surface area contributed by atoms with Gasteiger partial charge in [0.25, 0.3) is 0 Å². The molecule has 0 bridgehead atoms.